The van der Waals surface area contributed by atoms with Crippen molar-refractivity contribution in [2.75, 3.05) is 0 Å². The Bertz CT molecular complexity index is 1170. The van der Waals surface area contributed by atoms with Gasteiger partial charge in [0.25, 0.3) is 5.56 Å². The minimum atomic E-state index is -0.567. The number of ether oxygens (including phenoxy) is 1. The maximum Gasteiger partial charge on any atom is 0.330 e. The first-order valence-corrected chi connectivity index (χ1v) is 8.80. The highest BCUT2D eigenvalue weighted by Gasteiger charge is 2.13. The zero-order chi connectivity index (χ0) is 20.3. The number of hydrogen-bond acceptors (Lipinski definition) is 5. The smallest absolute Gasteiger partial charge is 0.330 e. The van der Waals surface area contributed by atoms with Crippen molar-refractivity contribution < 1.29 is 14.3 Å². The number of esters is 1. The lowest BCUT2D eigenvalue weighted by molar-refractivity contribution is -0.145. The molecule has 0 saturated heterocycles. The Balaban J connectivity index is 1.59. The molecule has 0 atom stereocenters. The number of Topliss-reactive ketones (excluding diaryl/α,β-unsaturated/α-hetero) is 1. The lowest BCUT2D eigenvalue weighted by Gasteiger charge is -2.10. The number of aromatic nitrogens is 2. The van der Waals surface area contributed by atoms with Crippen molar-refractivity contribution in [1.82, 2.24) is 9.13 Å². The van der Waals surface area contributed by atoms with E-state index in [1.165, 1.54) is 24.7 Å². The maximum absolute atomic E-state index is 12.4. The van der Waals surface area contributed by atoms with Crippen molar-refractivity contribution in [3.05, 3.63) is 80.6 Å². The third kappa shape index (κ3) is 4.09. The number of ketones is 1. The van der Waals surface area contributed by atoms with Gasteiger partial charge in [0.15, 0.2) is 5.78 Å². The third-order valence-electron chi connectivity index (χ3n) is 4.63. The number of carbonyl (C=O) groups is 2. The molecule has 7 heteroatoms. The molecule has 144 valence electrons. The molecular weight excluding hydrogens is 360 g/mol. The lowest BCUT2D eigenvalue weighted by Crippen LogP contribution is -2.38. The number of nitrogens with zero attached hydrogens (tertiary/aromatic N) is 2. The Morgan fingerprint density at radius 2 is 1.61 bits per heavy atom. The molecule has 28 heavy (non-hydrogen) atoms. The second kappa shape index (κ2) is 8.04. The molecule has 0 fully saturated rings. The van der Waals surface area contributed by atoms with Crippen molar-refractivity contribution in [3.63, 3.8) is 0 Å². The summed E-state index contributed by atoms with van der Waals surface area (Å²) in [5.41, 5.74) is -0.131. The van der Waals surface area contributed by atoms with Gasteiger partial charge in [0.05, 0.1) is 12.1 Å². The van der Waals surface area contributed by atoms with Crippen molar-refractivity contribution >= 4 is 22.5 Å². The average molecular weight is 380 g/mol. The second-order valence-electron chi connectivity index (χ2n) is 6.52. The highest BCUT2D eigenvalue weighted by molar-refractivity contribution is 6.00. The highest BCUT2D eigenvalue weighted by Crippen LogP contribution is 2.17. The van der Waals surface area contributed by atoms with Crippen LogP contribution < -0.4 is 11.2 Å². The fourth-order valence-electron chi connectivity index (χ4n) is 2.87. The van der Waals surface area contributed by atoms with E-state index in [4.69, 9.17) is 4.74 Å². The van der Waals surface area contributed by atoms with Gasteiger partial charge in [0.1, 0.15) is 6.61 Å². The highest BCUT2D eigenvalue weighted by atomic mass is 16.5. The summed E-state index contributed by atoms with van der Waals surface area (Å²) in [4.78, 5) is 47.9. The van der Waals surface area contributed by atoms with E-state index in [0.717, 1.165) is 15.3 Å². The molecule has 0 amide bonds. The first kappa shape index (κ1) is 19.3. The predicted molar refractivity (Wildman–Crippen MR) is 104 cm³/mol. The van der Waals surface area contributed by atoms with E-state index in [1.54, 1.807) is 12.1 Å². The van der Waals surface area contributed by atoms with Crippen LogP contribution in [0.15, 0.2) is 58.1 Å². The van der Waals surface area contributed by atoms with E-state index in [9.17, 15) is 19.2 Å². The number of rotatable bonds is 6. The summed E-state index contributed by atoms with van der Waals surface area (Å²) in [6, 6.07) is 14.4. The van der Waals surface area contributed by atoms with Gasteiger partial charge in [-0.15, -0.1) is 0 Å². The van der Waals surface area contributed by atoms with Crippen LogP contribution in [0.3, 0.4) is 0 Å². The van der Waals surface area contributed by atoms with Crippen LogP contribution in [0.25, 0.3) is 10.8 Å². The number of carbonyl (C=O) groups excluding carboxylic acids is 2. The summed E-state index contributed by atoms with van der Waals surface area (Å²) in [7, 11) is 2.87. The molecule has 0 N–H and O–H groups in total. The Morgan fingerprint density at radius 1 is 0.893 bits per heavy atom. The van der Waals surface area contributed by atoms with E-state index in [-0.39, 0.29) is 25.2 Å². The van der Waals surface area contributed by atoms with Crippen LogP contribution in [0.2, 0.25) is 0 Å². The largest absolute Gasteiger partial charge is 0.459 e. The zero-order valence-corrected chi connectivity index (χ0v) is 15.7. The van der Waals surface area contributed by atoms with Crippen LogP contribution in [0.4, 0.5) is 0 Å². The molecule has 3 rings (SSSR count). The second-order valence-corrected chi connectivity index (χ2v) is 6.52. The quantitative estimate of drug-likeness (QED) is 0.482. The SMILES string of the molecule is Cn1c(COC(=O)CCC(=O)c2ccc3ccccc3c2)cc(=O)n(C)c1=O. The third-order valence-corrected chi connectivity index (χ3v) is 4.63. The lowest BCUT2D eigenvalue weighted by atomic mass is 10.0. The molecule has 0 radical (unpaired) electrons. The molecule has 0 aliphatic carbocycles. The number of fused-ring (bicyclic) bond motifs is 1. The summed E-state index contributed by atoms with van der Waals surface area (Å²) < 4.78 is 7.33. The van der Waals surface area contributed by atoms with Gasteiger partial charge in [0.2, 0.25) is 0 Å². The molecule has 2 aromatic carbocycles. The Morgan fingerprint density at radius 3 is 2.36 bits per heavy atom. The van der Waals surface area contributed by atoms with Crippen molar-refractivity contribution in [1.29, 1.82) is 0 Å². The molecule has 0 spiro atoms. The molecule has 1 aromatic heterocycles. The average Bonchev–Trinajstić information content (AvgIpc) is 2.71. The Labute approximate surface area is 160 Å². The minimum Gasteiger partial charge on any atom is -0.459 e. The van der Waals surface area contributed by atoms with Crippen molar-refractivity contribution in [2.45, 2.75) is 19.4 Å². The van der Waals surface area contributed by atoms with Crippen molar-refractivity contribution in [3.8, 4) is 0 Å². The van der Waals surface area contributed by atoms with Gasteiger partial charge in [0, 0.05) is 32.1 Å². The summed E-state index contributed by atoms with van der Waals surface area (Å²) in [6.07, 6.45) is -0.0584. The number of hydrogen-bond donors (Lipinski definition) is 0. The van der Waals surface area contributed by atoms with Gasteiger partial charge in [-0.1, -0.05) is 36.4 Å². The maximum atomic E-state index is 12.4. The number of benzene rings is 2. The van der Waals surface area contributed by atoms with Gasteiger partial charge in [-0.2, -0.15) is 0 Å². The van der Waals surface area contributed by atoms with Crippen LogP contribution in [0.1, 0.15) is 28.9 Å². The Hall–Kier alpha value is -3.48. The van der Waals surface area contributed by atoms with Crippen molar-refractivity contribution in [2.24, 2.45) is 14.1 Å². The van der Waals surface area contributed by atoms with Gasteiger partial charge < -0.3 is 4.74 Å². The van der Waals surface area contributed by atoms with Crippen LogP contribution in [-0.2, 0) is 30.2 Å². The molecule has 3 aromatic rings. The van der Waals surface area contributed by atoms with E-state index in [1.807, 2.05) is 30.3 Å². The van der Waals surface area contributed by atoms with Gasteiger partial charge in [-0.25, -0.2) is 4.79 Å². The monoisotopic (exact) mass is 380 g/mol. The topological polar surface area (TPSA) is 87.4 Å². The van der Waals surface area contributed by atoms with Crippen LogP contribution >= 0.6 is 0 Å². The molecule has 1 heterocycles. The van der Waals surface area contributed by atoms with Crippen LogP contribution in [0.5, 0.6) is 0 Å². The normalized spacial score (nSPS) is 10.8. The minimum absolute atomic E-state index is 0.0205. The van der Waals surface area contributed by atoms with Gasteiger partial charge in [-0.3, -0.25) is 23.5 Å². The molecule has 0 aliphatic heterocycles. The van der Waals surface area contributed by atoms with Crippen LogP contribution in [0, 0.1) is 0 Å². The molecule has 0 aliphatic rings. The van der Waals surface area contributed by atoms with E-state index in [0.29, 0.717) is 11.3 Å². The summed E-state index contributed by atoms with van der Waals surface area (Å²) >= 11 is 0. The van der Waals surface area contributed by atoms with Crippen LogP contribution in [-0.4, -0.2) is 20.9 Å². The first-order valence-electron chi connectivity index (χ1n) is 8.80. The van der Waals surface area contributed by atoms with Gasteiger partial charge >= 0.3 is 11.7 Å². The summed E-state index contributed by atoms with van der Waals surface area (Å²) in [5.74, 6) is -0.717. The van der Waals surface area contributed by atoms with E-state index in [2.05, 4.69) is 0 Å². The standard InChI is InChI=1S/C21H20N2O5/c1-22-17(12-19(25)23(2)21(22)27)13-28-20(26)10-9-18(24)16-8-7-14-5-3-4-6-15(14)11-16/h3-8,11-12H,9-10,13H2,1-2H3. The molecule has 0 saturated carbocycles. The van der Waals surface area contributed by atoms with Gasteiger partial charge in [-0.05, 0) is 16.8 Å². The first-order chi connectivity index (χ1) is 13.4. The predicted octanol–water partition coefficient (Wildman–Crippen LogP) is 1.94. The Kier molecular flexibility index (Phi) is 5.54. The summed E-state index contributed by atoms with van der Waals surface area (Å²) in [5, 5.41) is 2.00. The fourth-order valence-corrected chi connectivity index (χ4v) is 2.87. The van der Waals surface area contributed by atoms with E-state index < -0.39 is 17.2 Å². The molecule has 7 nitrogen and oxygen atoms in total. The zero-order valence-electron chi connectivity index (χ0n) is 15.7. The van der Waals surface area contributed by atoms with E-state index >= 15 is 0 Å². The fraction of sp³-hybridized carbons (Fsp3) is 0.238. The summed E-state index contributed by atoms with van der Waals surface area (Å²) in [6.45, 7) is -0.204. The molecule has 0 unspecified atom stereocenters. The molecule has 0 bridgehead atoms. The molecular formula is C21H20N2O5.